The Morgan fingerprint density at radius 1 is 0.964 bits per heavy atom. The first-order valence-electron chi connectivity index (χ1n) is 7.24. The normalized spacial score (nSPS) is 14.4. The molecule has 0 saturated heterocycles. The van der Waals surface area contributed by atoms with Gasteiger partial charge in [-0.15, -0.1) is 0 Å². The molecule has 0 fully saturated rings. The molecular formula is C15H11ClF6NO3PS. The largest absolute Gasteiger partial charge is 0.486 e. The lowest BCUT2D eigenvalue weighted by Crippen LogP contribution is -2.19. The summed E-state index contributed by atoms with van der Waals surface area (Å²) in [7, 11) is -4.57. The van der Waals surface area contributed by atoms with E-state index >= 15 is 0 Å². The highest BCUT2D eigenvalue weighted by atomic mass is 35.5. The van der Waals surface area contributed by atoms with Gasteiger partial charge in [0.2, 0.25) is 0 Å². The number of hydrogen-bond donors (Lipinski definition) is 1. The van der Waals surface area contributed by atoms with Crippen molar-refractivity contribution in [2.24, 2.45) is 0 Å². The summed E-state index contributed by atoms with van der Waals surface area (Å²) < 4.78 is 96.6. The molecule has 0 bridgehead atoms. The lowest BCUT2D eigenvalue weighted by molar-refractivity contribution is -0.154. The molecule has 0 aliphatic carbocycles. The first-order chi connectivity index (χ1) is 12.8. The van der Waals surface area contributed by atoms with Crippen molar-refractivity contribution in [1.82, 2.24) is 0 Å². The molecule has 0 aliphatic rings. The van der Waals surface area contributed by atoms with Crippen molar-refractivity contribution in [3.05, 3.63) is 53.6 Å². The fraction of sp³-hybridized carbons (Fsp3) is 0.200. The molecule has 0 saturated carbocycles. The fourth-order valence-electron chi connectivity index (χ4n) is 1.76. The smallest absolute Gasteiger partial charge is 0.409 e. The Labute approximate surface area is 164 Å². The molecule has 0 amide bonds. The molecular weight excluding hydrogens is 455 g/mol. The van der Waals surface area contributed by atoms with Crippen molar-refractivity contribution in [3.8, 4) is 5.75 Å². The highest BCUT2D eigenvalue weighted by molar-refractivity contribution is 8.00. The zero-order valence-corrected chi connectivity index (χ0v) is 16.0. The lowest BCUT2D eigenvalue weighted by Gasteiger charge is -2.21. The molecule has 0 heterocycles. The second kappa shape index (κ2) is 8.86. The van der Waals surface area contributed by atoms with E-state index in [9.17, 15) is 30.9 Å². The van der Waals surface area contributed by atoms with Gasteiger partial charge in [0.05, 0.1) is 0 Å². The van der Waals surface area contributed by atoms with Gasteiger partial charge in [0.1, 0.15) is 5.75 Å². The monoisotopic (exact) mass is 465 g/mol. The van der Waals surface area contributed by atoms with Crippen LogP contribution >= 0.6 is 31.1 Å². The Morgan fingerprint density at radius 3 is 2.04 bits per heavy atom. The second-order valence-corrected chi connectivity index (χ2v) is 8.35. The van der Waals surface area contributed by atoms with Crippen LogP contribution in [0.1, 0.15) is 0 Å². The summed E-state index contributed by atoms with van der Waals surface area (Å²) in [6, 6.07) is 9.54. The predicted octanol–water partition coefficient (Wildman–Crippen LogP) is 7.13. The van der Waals surface area contributed by atoms with Gasteiger partial charge in [0.15, 0.2) is 6.61 Å². The van der Waals surface area contributed by atoms with E-state index in [0.29, 0.717) is 5.02 Å². The van der Waals surface area contributed by atoms with Gasteiger partial charge in [-0.05, 0) is 60.3 Å². The molecule has 2 aromatic rings. The number of halogens is 7. The van der Waals surface area contributed by atoms with Gasteiger partial charge in [0, 0.05) is 15.6 Å². The number of alkyl halides is 6. The van der Waals surface area contributed by atoms with E-state index < -0.39 is 26.0 Å². The number of anilines is 1. The summed E-state index contributed by atoms with van der Waals surface area (Å²) in [4.78, 5) is -0.164. The molecule has 0 aromatic heterocycles. The molecule has 0 radical (unpaired) electrons. The summed E-state index contributed by atoms with van der Waals surface area (Å²) in [6.45, 7) is -1.87. The van der Waals surface area contributed by atoms with Gasteiger partial charge in [-0.25, -0.2) is 4.57 Å². The molecule has 2 aromatic carbocycles. The fourth-order valence-corrected chi connectivity index (χ4v) is 3.77. The van der Waals surface area contributed by atoms with Crippen LogP contribution in [0.5, 0.6) is 5.75 Å². The van der Waals surface area contributed by atoms with E-state index in [0.717, 1.165) is 24.3 Å². The predicted molar refractivity (Wildman–Crippen MR) is 93.7 cm³/mol. The van der Waals surface area contributed by atoms with Crippen LogP contribution in [0.15, 0.2) is 53.4 Å². The summed E-state index contributed by atoms with van der Waals surface area (Å²) in [5, 5.41) is 2.48. The third kappa shape index (κ3) is 8.22. The Morgan fingerprint density at radius 2 is 1.54 bits per heavy atom. The van der Waals surface area contributed by atoms with Gasteiger partial charge in [0.25, 0.3) is 0 Å². The zero-order chi connectivity index (χ0) is 21.0. The van der Waals surface area contributed by atoms with Crippen molar-refractivity contribution in [3.63, 3.8) is 0 Å². The molecule has 4 nitrogen and oxygen atoms in total. The number of thioether (sulfide) groups is 1. The van der Waals surface area contributed by atoms with Crippen LogP contribution in [0, 0.1) is 0 Å². The second-order valence-electron chi connectivity index (χ2n) is 5.12. The average Bonchev–Trinajstić information content (AvgIpc) is 2.55. The minimum atomic E-state index is -4.78. The lowest BCUT2D eigenvalue weighted by atomic mass is 10.3. The Hall–Kier alpha value is -1.55. The molecule has 1 N–H and O–H groups in total. The molecule has 154 valence electrons. The minimum absolute atomic E-state index is 0.0639. The van der Waals surface area contributed by atoms with Gasteiger partial charge in [-0.3, -0.25) is 9.61 Å². The van der Waals surface area contributed by atoms with Crippen LogP contribution in [0.3, 0.4) is 0 Å². The van der Waals surface area contributed by atoms with Crippen LogP contribution in [0.2, 0.25) is 5.02 Å². The summed E-state index contributed by atoms with van der Waals surface area (Å²) >= 11 is 5.32. The van der Waals surface area contributed by atoms with E-state index in [1.807, 2.05) is 0 Å². The number of nitrogens with one attached hydrogen (secondary N) is 1. The van der Waals surface area contributed by atoms with Gasteiger partial charge < -0.3 is 4.52 Å². The minimum Gasteiger partial charge on any atom is -0.409 e. The number of rotatable bonds is 7. The van der Waals surface area contributed by atoms with E-state index in [-0.39, 0.29) is 28.1 Å². The van der Waals surface area contributed by atoms with Gasteiger partial charge >= 0.3 is 19.4 Å². The van der Waals surface area contributed by atoms with Crippen LogP contribution in [-0.4, -0.2) is 18.3 Å². The van der Waals surface area contributed by atoms with Crippen molar-refractivity contribution in [2.75, 3.05) is 11.7 Å². The maximum atomic E-state index is 12.7. The highest BCUT2D eigenvalue weighted by Crippen LogP contribution is 2.49. The Balaban J connectivity index is 2.18. The third-order valence-electron chi connectivity index (χ3n) is 2.79. The highest BCUT2D eigenvalue weighted by Gasteiger charge is 2.36. The maximum Gasteiger partial charge on any atom is 0.486 e. The van der Waals surface area contributed by atoms with Crippen LogP contribution < -0.4 is 9.61 Å². The summed E-state index contributed by atoms with van der Waals surface area (Å²) in [6.07, 6.45) is -4.78. The first kappa shape index (κ1) is 22.7. The van der Waals surface area contributed by atoms with Crippen molar-refractivity contribution in [2.45, 2.75) is 16.6 Å². The Kier molecular flexibility index (Phi) is 7.19. The van der Waals surface area contributed by atoms with Crippen LogP contribution in [0.4, 0.5) is 32.0 Å². The van der Waals surface area contributed by atoms with Gasteiger partial charge in [-0.2, -0.15) is 26.3 Å². The third-order valence-corrected chi connectivity index (χ3v) is 5.23. The number of benzene rings is 2. The van der Waals surface area contributed by atoms with E-state index in [1.165, 1.54) is 24.3 Å². The van der Waals surface area contributed by atoms with Crippen LogP contribution in [0.25, 0.3) is 0 Å². The molecule has 0 spiro atoms. The Bertz CT molecular complexity index is 830. The molecule has 1 atom stereocenters. The first-order valence-corrected chi connectivity index (χ1v) is 9.98. The average molecular weight is 466 g/mol. The van der Waals surface area contributed by atoms with E-state index in [4.69, 9.17) is 16.1 Å². The maximum absolute atomic E-state index is 12.7. The summed E-state index contributed by atoms with van der Waals surface area (Å²) in [5.41, 5.74) is -4.57. The molecule has 13 heteroatoms. The topological polar surface area (TPSA) is 47.6 Å². The SMILES string of the molecule is O=[P@@](Nc1ccc(SC(F)(F)F)cc1)(OCC(F)(F)F)Oc1ccc(Cl)cc1. The molecule has 28 heavy (non-hydrogen) atoms. The van der Waals surface area contributed by atoms with Crippen molar-refractivity contribution < 1.29 is 40.0 Å². The van der Waals surface area contributed by atoms with E-state index in [2.05, 4.69) is 9.61 Å². The molecule has 0 aliphatic heterocycles. The quantitative estimate of drug-likeness (QED) is 0.268. The number of hydrogen-bond acceptors (Lipinski definition) is 4. The molecule has 0 unspecified atom stereocenters. The van der Waals surface area contributed by atoms with Crippen LogP contribution in [-0.2, 0) is 9.09 Å². The standard InChI is InChI=1S/C15H11ClF6NO3PS/c16-10-1-5-12(6-2-10)26-27(24,25-9-14(17,18)19)23-11-3-7-13(8-4-11)28-15(20,21)22/h1-8H,9H2,(H,23,24)/t27-/m0/s1. The van der Waals surface area contributed by atoms with E-state index in [1.54, 1.807) is 0 Å². The zero-order valence-electron chi connectivity index (χ0n) is 13.6. The summed E-state index contributed by atoms with van der Waals surface area (Å²) in [5.74, 6) is -0.0911. The molecule has 2 rings (SSSR count). The van der Waals surface area contributed by atoms with Gasteiger partial charge in [-0.1, -0.05) is 11.6 Å². The van der Waals surface area contributed by atoms with Crippen molar-refractivity contribution in [1.29, 1.82) is 0 Å². The van der Waals surface area contributed by atoms with Crippen molar-refractivity contribution >= 4 is 36.8 Å².